The molecule has 0 bridgehead atoms. The number of phenolic OH excluding ortho intramolecular Hbond substituents is 1. The normalized spacial score (nSPS) is 17.6. The maximum absolute atomic E-state index is 12.2. The third kappa shape index (κ3) is 3.04. The topological polar surface area (TPSA) is 66.6 Å². The maximum atomic E-state index is 12.2. The van der Waals surface area contributed by atoms with E-state index in [-0.39, 0.29) is 11.7 Å². The molecule has 0 aliphatic carbocycles. The van der Waals surface area contributed by atoms with Crippen molar-refractivity contribution in [2.24, 2.45) is 12.0 Å². The van der Waals surface area contributed by atoms with Crippen molar-refractivity contribution in [1.82, 2.24) is 9.88 Å². The van der Waals surface area contributed by atoms with Crippen LogP contribution in [0.1, 0.15) is 5.56 Å². The molecular formula is C19H15N3O2S. The van der Waals surface area contributed by atoms with Crippen LogP contribution in [0.4, 0.5) is 5.69 Å². The van der Waals surface area contributed by atoms with Crippen LogP contribution in [0.15, 0.2) is 64.6 Å². The Labute approximate surface area is 148 Å². The van der Waals surface area contributed by atoms with E-state index in [9.17, 15) is 9.90 Å². The summed E-state index contributed by atoms with van der Waals surface area (Å²) in [7, 11) is 1.99. The van der Waals surface area contributed by atoms with Crippen LogP contribution in [-0.2, 0) is 11.8 Å². The Hall–Kier alpha value is -2.99. The van der Waals surface area contributed by atoms with E-state index in [0.29, 0.717) is 15.8 Å². The van der Waals surface area contributed by atoms with E-state index in [0.717, 1.165) is 16.5 Å². The van der Waals surface area contributed by atoms with Gasteiger partial charge >= 0.3 is 0 Å². The Bertz CT molecular complexity index is 1030. The molecule has 1 saturated heterocycles. The zero-order valence-corrected chi connectivity index (χ0v) is 14.2. The molecule has 2 aromatic carbocycles. The number of aliphatic imine (C=N–C) groups is 1. The predicted molar refractivity (Wildman–Crippen MR) is 102 cm³/mol. The van der Waals surface area contributed by atoms with Crippen molar-refractivity contribution in [2.75, 3.05) is 0 Å². The Morgan fingerprint density at radius 3 is 2.72 bits per heavy atom. The molecule has 2 heterocycles. The molecule has 0 atom stereocenters. The number of carbonyl (C=O) groups excluding carboxylic acids is 1. The second-order valence-corrected chi connectivity index (χ2v) is 6.74. The molecule has 1 amide bonds. The van der Waals surface area contributed by atoms with Gasteiger partial charge in [0.15, 0.2) is 5.17 Å². The van der Waals surface area contributed by atoms with Gasteiger partial charge in [0.2, 0.25) is 0 Å². The van der Waals surface area contributed by atoms with Gasteiger partial charge in [-0.05, 0) is 48.2 Å². The van der Waals surface area contributed by atoms with E-state index in [1.54, 1.807) is 24.3 Å². The van der Waals surface area contributed by atoms with E-state index < -0.39 is 0 Å². The summed E-state index contributed by atoms with van der Waals surface area (Å²) < 4.78 is 2.05. The monoisotopic (exact) mass is 349 g/mol. The number of fused-ring (bicyclic) bond motifs is 1. The van der Waals surface area contributed by atoms with Gasteiger partial charge in [-0.2, -0.15) is 0 Å². The number of nitrogens with one attached hydrogen (secondary N) is 1. The van der Waals surface area contributed by atoms with Gasteiger partial charge in [-0.3, -0.25) is 4.79 Å². The van der Waals surface area contributed by atoms with Crippen molar-refractivity contribution in [3.63, 3.8) is 0 Å². The molecule has 0 unspecified atom stereocenters. The number of thioether (sulfide) groups is 1. The van der Waals surface area contributed by atoms with Crippen molar-refractivity contribution in [2.45, 2.75) is 0 Å². The number of rotatable bonds is 2. The second kappa shape index (κ2) is 6.14. The van der Waals surface area contributed by atoms with Crippen molar-refractivity contribution >= 4 is 45.5 Å². The molecule has 6 heteroatoms. The molecule has 0 saturated carbocycles. The van der Waals surface area contributed by atoms with Gasteiger partial charge in [0.05, 0.1) is 10.6 Å². The number of aryl methyl sites for hydroxylation is 1. The van der Waals surface area contributed by atoms with Gasteiger partial charge in [0, 0.05) is 29.7 Å². The smallest absolute Gasteiger partial charge is 0.264 e. The minimum atomic E-state index is -0.157. The van der Waals surface area contributed by atoms with Crippen LogP contribution in [0, 0.1) is 0 Å². The number of benzene rings is 2. The van der Waals surface area contributed by atoms with E-state index in [1.807, 2.05) is 42.1 Å². The summed E-state index contributed by atoms with van der Waals surface area (Å²) in [6, 6.07) is 14.6. The van der Waals surface area contributed by atoms with Crippen LogP contribution in [0.3, 0.4) is 0 Å². The molecule has 25 heavy (non-hydrogen) atoms. The van der Waals surface area contributed by atoms with Gasteiger partial charge in [-0.1, -0.05) is 18.2 Å². The first-order valence-electron chi connectivity index (χ1n) is 7.73. The van der Waals surface area contributed by atoms with Gasteiger partial charge in [-0.25, -0.2) is 4.99 Å². The largest absolute Gasteiger partial charge is 0.508 e. The highest BCUT2D eigenvalue weighted by molar-refractivity contribution is 8.18. The van der Waals surface area contributed by atoms with E-state index in [4.69, 9.17) is 0 Å². The molecule has 3 aromatic rings. The fraction of sp³-hybridized carbons (Fsp3) is 0.0526. The fourth-order valence-corrected chi connectivity index (χ4v) is 3.59. The summed E-state index contributed by atoms with van der Waals surface area (Å²) in [5.74, 6) is 0.0269. The number of carbonyl (C=O) groups is 1. The quantitative estimate of drug-likeness (QED) is 0.692. The summed E-state index contributed by atoms with van der Waals surface area (Å²) in [4.78, 5) is 17.3. The third-order valence-electron chi connectivity index (χ3n) is 3.95. The first kappa shape index (κ1) is 15.5. The Morgan fingerprint density at radius 1 is 1.16 bits per heavy atom. The average Bonchev–Trinajstić information content (AvgIpc) is 3.11. The van der Waals surface area contributed by atoms with Crippen LogP contribution >= 0.6 is 11.8 Å². The van der Waals surface area contributed by atoms with E-state index in [1.165, 1.54) is 11.8 Å². The fourth-order valence-electron chi connectivity index (χ4n) is 2.75. The zero-order valence-electron chi connectivity index (χ0n) is 13.4. The third-order valence-corrected chi connectivity index (χ3v) is 4.86. The summed E-state index contributed by atoms with van der Waals surface area (Å²) in [5, 5.41) is 13.7. The maximum Gasteiger partial charge on any atom is 0.264 e. The minimum absolute atomic E-state index is 0.157. The minimum Gasteiger partial charge on any atom is -0.508 e. The number of hydrogen-bond donors (Lipinski definition) is 2. The zero-order chi connectivity index (χ0) is 17.4. The number of phenols is 1. The lowest BCUT2D eigenvalue weighted by Crippen LogP contribution is -2.19. The Morgan fingerprint density at radius 2 is 1.92 bits per heavy atom. The van der Waals surface area contributed by atoms with Crippen molar-refractivity contribution in [1.29, 1.82) is 0 Å². The molecule has 0 radical (unpaired) electrons. The number of para-hydroxylation sites is 1. The first-order chi connectivity index (χ1) is 12.1. The second-order valence-electron chi connectivity index (χ2n) is 5.71. The lowest BCUT2D eigenvalue weighted by atomic mass is 10.1. The Kier molecular flexibility index (Phi) is 3.82. The summed E-state index contributed by atoms with van der Waals surface area (Å²) in [6.07, 6.45) is 3.91. The van der Waals surface area contributed by atoms with E-state index in [2.05, 4.69) is 16.4 Å². The Balaban J connectivity index is 1.66. The van der Waals surface area contributed by atoms with Gasteiger partial charge in [-0.15, -0.1) is 0 Å². The molecule has 1 aromatic heterocycles. The number of hydrogen-bond acceptors (Lipinski definition) is 4. The van der Waals surface area contributed by atoms with Gasteiger partial charge in [0.1, 0.15) is 5.75 Å². The molecule has 2 N–H and O–H groups in total. The highest BCUT2D eigenvalue weighted by Crippen LogP contribution is 2.30. The lowest BCUT2D eigenvalue weighted by Gasteiger charge is -1.96. The number of amides is 1. The summed E-state index contributed by atoms with van der Waals surface area (Å²) in [6.45, 7) is 0. The lowest BCUT2D eigenvalue weighted by molar-refractivity contribution is -0.115. The molecule has 1 fully saturated rings. The highest BCUT2D eigenvalue weighted by Gasteiger charge is 2.24. The molecule has 5 nitrogen and oxygen atoms in total. The first-order valence-corrected chi connectivity index (χ1v) is 8.54. The standard InChI is InChI=1S/C19H15N3O2S/c1-22-11-12(15-4-2-3-5-16(15)22)10-17-18(24)21-19(25-17)20-13-6-8-14(23)9-7-13/h2-11,23H,1H3,(H,20,21,24). The van der Waals surface area contributed by atoms with Crippen LogP contribution in [0.25, 0.3) is 17.0 Å². The molecule has 124 valence electrons. The van der Waals surface area contributed by atoms with Crippen LogP contribution in [-0.4, -0.2) is 20.7 Å². The van der Waals surface area contributed by atoms with Crippen molar-refractivity contribution < 1.29 is 9.90 Å². The molecule has 4 rings (SSSR count). The van der Waals surface area contributed by atoms with Crippen LogP contribution in [0.5, 0.6) is 5.75 Å². The number of aromatic nitrogens is 1. The number of nitrogens with zero attached hydrogens (tertiary/aromatic N) is 2. The van der Waals surface area contributed by atoms with E-state index >= 15 is 0 Å². The predicted octanol–water partition coefficient (Wildman–Crippen LogP) is 3.78. The molecule has 1 aliphatic heterocycles. The number of amidine groups is 1. The molecular weight excluding hydrogens is 334 g/mol. The molecule has 1 aliphatic rings. The number of aromatic hydroxyl groups is 1. The van der Waals surface area contributed by atoms with Crippen LogP contribution < -0.4 is 5.32 Å². The highest BCUT2D eigenvalue weighted by atomic mass is 32.2. The van der Waals surface area contributed by atoms with Crippen molar-refractivity contribution in [3.8, 4) is 5.75 Å². The SMILES string of the molecule is Cn1cc(C=C2SC(=Nc3ccc(O)cc3)NC2=O)c2ccccc21. The van der Waals surface area contributed by atoms with Crippen LogP contribution in [0.2, 0.25) is 0 Å². The van der Waals surface area contributed by atoms with Gasteiger partial charge in [0.25, 0.3) is 5.91 Å². The average molecular weight is 349 g/mol. The van der Waals surface area contributed by atoms with Gasteiger partial charge < -0.3 is 15.0 Å². The molecule has 0 spiro atoms. The summed E-state index contributed by atoms with van der Waals surface area (Å²) in [5.41, 5.74) is 2.80. The van der Waals surface area contributed by atoms with Crippen molar-refractivity contribution in [3.05, 3.63) is 65.2 Å². The summed E-state index contributed by atoms with van der Waals surface area (Å²) >= 11 is 1.31.